The molecule has 0 spiro atoms. The molecule has 0 bridgehead atoms. The van der Waals surface area contributed by atoms with Gasteiger partial charge >= 0.3 is 11.7 Å². The van der Waals surface area contributed by atoms with Crippen molar-refractivity contribution >= 4 is 5.97 Å². The second-order valence-corrected chi connectivity index (χ2v) is 10.3. The van der Waals surface area contributed by atoms with Crippen LogP contribution in [-0.4, -0.2) is 52.2 Å². The maximum Gasteiger partial charge on any atom is 0.346 e. The number of carbonyl (C=O) groups is 1. The molecule has 2 aromatic heterocycles. The van der Waals surface area contributed by atoms with Gasteiger partial charge in [-0.05, 0) is 40.3 Å². The third-order valence-electron chi connectivity index (χ3n) is 7.36. The first kappa shape index (κ1) is 29.6. The van der Waals surface area contributed by atoms with Gasteiger partial charge in [0.1, 0.15) is 11.9 Å². The lowest BCUT2D eigenvalue weighted by Crippen LogP contribution is -2.31. The largest absolute Gasteiger partial charge is 0.479 e. The minimum absolute atomic E-state index is 0.102. The quantitative estimate of drug-likeness (QED) is 0.189. The number of hydrogen-bond donors (Lipinski definition) is 2. The lowest BCUT2D eigenvalue weighted by Gasteiger charge is -2.22. The van der Waals surface area contributed by atoms with Crippen molar-refractivity contribution in [1.82, 2.24) is 35.0 Å². The van der Waals surface area contributed by atoms with Gasteiger partial charge in [-0.25, -0.2) is 14.3 Å². The number of benzene rings is 3. The minimum Gasteiger partial charge on any atom is -0.479 e. The Morgan fingerprint density at radius 2 is 1.70 bits per heavy atom. The van der Waals surface area contributed by atoms with Gasteiger partial charge in [0.15, 0.2) is 6.10 Å². The monoisotopic (exact) mass is 581 g/mol. The number of aryl methyl sites for hydroxylation is 1. The lowest BCUT2D eigenvalue weighted by molar-refractivity contribution is -0.155. The van der Waals surface area contributed by atoms with Crippen molar-refractivity contribution < 1.29 is 14.6 Å². The number of ether oxygens (including phenoxy) is 1. The molecule has 0 aliphatic carbocycles. The summed E-state index contributed by atoms with van der Waals surface area (Å²) >= 11 is 0. The summed E-state index contributed by atoms with van der Waals surface area (Å²) in [4.78, 5) is 25.5. The van der Waals surface area contributed by atoms with Crippen LogP contribution >= 0.6 is 0 Å². The van der Waals surface area contributed by atoms with Gasteiger partial charge in [0.05, 0.1) is 13.1 Å². The molecule has 0 amide bonds. The van der Waals surface area contributed by atoms with Gasteiger partial charge in [-0.2, -0.15) is 10.3 Å². The van der Waals surface area contributed by atoms with Gasteiger partial charge in [0, 0.05) is 12.0 Å². The number of nitrogens with one attached hydrogen (secondary N) is 1. The highest BCUT2D eigenvalue weighted by molar-refractivity contribution is 5.80. The standard InChI is InChI=1S/C32H35N7O4/c1-3-5-15-29-35-39(21-28(24-11-7-6-8-12-24)43-27(4-2)31(40)41)32(42)38(29)20-22-16-18-23(19-17-22)25-13-9-10-14-26(25)30-33-36-37-34-30/h6-14,16-19,27-28H,3-5,15,20-21H2,1-2H3,(H,40,41)(H,33,34,36,37). The van der Waals surface area contributed by atoms with Gasteiger partial charge in [0.2, 0.25) is 5.82 Å². The SMILES string of the molecule is CCCCc1nn(CC(OC(CC)C(=O)O)c2ccccc2)c(=O)n1Cc1ccc(-c2ccccc2-c2nn[nH]n2)cc1. The van der Waals surface area contributed by atoms with Crippen LogP contribution in [0.25, 0.3) is 22.5 Å². The van der Waals surface area contributed by atoms with Crippen LogP contribution in [-0.2, 0) is 29.0 Å². The molecule has 5 rings (SSSR count). The second-order valence-electron chi connectivity index (χ2n) is 10.3. The van der Waals surface area contributed by atoms with E-state index in [1.54, 1.807) is 11.5 Å². The zero-order valence-electron chi connectivity index (χ0n) is 24.3. The average molecular weight is 582 g/mol. The van der Waals surface area contributed by atoms with E-state index in [4.69, 9.17) is 9.84 Å². The molecule has 2 unspecified atom stereocenters. The molecule has 5 aromatic rings. The smallest absolute Gasteiger partial charge is 0.346 e. The maximum absolute atomic E-state index is 13.7. The Labute approximate surface area is 249 Å². The van der Waals surface area contributed by atoms with Crippen LogP contribution in [0.3, 0.4) is 0 Å². The molecule has 2 N–H and O–H groups in total. The highest BCUT2D eigenvalue weighted by atomic mass is 16.5. The molecular weight excluding hydrogens is 546 g/mol. The van der Waals surface area contributed by atoms with Crippen LogP contribution in [0.5, 0.6) is 0 Å². The summed E-state index contributed by atoms with van der Waals surface area (Å²) in [7, 11) is 0. The lowest BCUT2D eigenvalue weighted by atomic mass is 9.98. The molecule has 11 nitrogen and oxygen atoms in total. The third kappa shape index (κ3) is 6.95. The summed E-state index contributed by atoms with van der Waals surface area (Å²) in [6, 6.07) is 25.3. The van der Waals surface area contributed by atoms with Crippen molar-refractivity contribution in [3.05, 3.63) is 106 Å². The number of rotatable bonds is 14. The van der Waals surface area contributed by atoms with Crippen molar-refractivity contribution in [3.8, 4) is 22.5 Å². The highest BCUT2D eigenvalue weighted by Crippen LogP contribution is 2.30. The number of unbranched alkanes of at least 4 members (excludes halogenated alkanes) is 1. The van der Waals surface area contributed by atoms with E-state index in [0.717, 1.165) is 40.7 Å². The topological polar surface area (TPSA) is 141 Å². The molecule has 0 saturated carbocycles. The molecule has 0 aliphatic heterocycles. The summed E-state index contributed by atoms with van der Waals surface area (Å²) in [5.41, 5.74) is 4.31. The van der Waals surface area contributed by atoms with E-state index in [2.05, 4.69) is 27.5 Å². The van der Waals surface area contributed by atoms with Gasteiger partial charge < -0.3 is 9.84 Å². The Hall–Kier alpha value is -4.90. The van der Waals surface area contributed by atoms with Gasteiger partial charge in [-0.1, -0.05) is 99.1 Å². The fourth-order valence-corrected chi connectivity index (χ4v) is 5.04. The van der Waals surface area contributed by atoms with Crippen LogP contribution in [0.1, 0.15) is 56.2 Å². The summed E-state index contributed by atoms with van der Waals surface area (Å²) in [5.74, 6) is 0.175. The molecule has 0 aliphatic rings. The van der Waals surface area contributed by atoms with Gasteiger partial charge in [-0.3, -0.25) is 4.57 Å². The number of hydrogen-bond acceptors (Lipinski definition) is 7. The molecule has 0 saturated heterocycles. The Morgan fingerprint density at radius 1 is 0.977 bits per heavy atom. The fraction of sp³-hybridized carbons (Fsp3) is 0.312. The molecule has 2 atom stereocenters. The maximum atomic E-state index is 13.7. The normalized spacial score (nSPS) is 12.7. The molecule has 43 heavy (non-hydrogen) atoms. The Balaban J connectivity index is 1.43. The van der Waals surface area contributed by atoms with Crippen LogP contribution in [0.2, 0.25) is 0 Å². The summed E-state index contributed by atoms with van der Waals surface area (Å²) in [6.45, 7) is 4.32. The Bertz CT molecular complexity index is 1680. The predicted molar refractivity (Wildman–Crippen MR) is 161 cm³/mol. The number of carboxylic acids is 1. The first-order valence-electron chi connectivity index (χ1n) is 14.5. The molecule has 0 fully saturated rings. The zero-order chi connectivity index (χ0) is 30.2. The molecule has 0 radical (unpaired) electrons. The van der Waals surface area contributed by atoms with Crippen LogP contribution in [0, 0.1) is 0 Å². The molecule has 3 aromatic carbocycles. The van der Waals surface area contributed by atoms with E-state index >= 15 is 0 Å². The first-order chi connectivity index (χ1) is 21.0. The van der Waals surface area contributed by atoms with Crippen LogP contribution in [0.15, 0.2) is 83.7 Å². The summed E-state index contributed by atoms with van der Waals surface area (Å²) in [6.07, 6.45) is 1.16. The highest BCUT2D eigenvalue weighted by Gasteiger charge is 2.25. The number of aromatic nitrogens is 7. The van der Waals surface area contributed by atoms with E-state index in [0.29, 0.717) is 31.0 Å². The number of aromatic amines is 1. The number of H-pyrrole nitrogens is 1. The van der Waals surface area contributed by atoms with Crippen LogP contribution in [0.4, 0.5) is 0 Å². The zero-order valence-corrected chi connectivity index (χ0v) is 24.3. The molecule has 11 heteroatoms. The van der Waals surface area contributed by atoms with Gasteiger partial charge in [0.25, 0.3) is 0 Å². The molecular formula is C32H35N7O4. The fourth-order valence-electron chi connectivity index (χ4n) is 5.04. The van der Waals surface area contributed by atoms with Crippen molar-refractivity contribution in [3.63, 3.8) is 0 Å². The number of aliphatic carboxylic acids is 1. The molecule has 222 valence electrons. The second kappa shape index (κ2) is 13.8. The Kier molecular flexibility index (Phi) is 9.52. The number of tetrazole rings is 1. The average Bonchev–Trinajstić information content (AvgIpc) is 3.67. The van der Waals surface area contributed by atoms with E-state index in [1.165, 1.54) is 4.68 Å². The van der Waals surface area contributed by atoms with E-state index in [-0.39, 0.29) is 12.2 Å². The number of nitrogens with zero attached hydrogens (tertiary/aromatic N) is 6. The first-order valence-corrected chi connectivity index (χ1v) is 14.5. The summed E-state index contributed by atoms with van der Waals surface area (Å²) < 4.78 is 9.14. The van der Waals surface area contributed by atoms with E-state index < -0.39 is 18.2 Å². The van der Waals surface area contributed by atoms with Crippen molar-refractivity contribution in [1.29, 1.82) is 0 Å². The number of carboxylic acid groups (broad SMARTS) is 1. The van der Waals surface area contributed by atoms with Crippen molar-refractivity contribution in [2.75, 3.05) is 0 Å². The van der Waals surface area contributed by atoms with Gasteiger partial charge in [-0.15, -0.1) is 10.2 Å². The predicted octanol–water partition coefficient (Wildman–Crippen LogP) is 4.90. The molecule has 2 heterocycles. The van der Waals surface area contributed by atoms with E-state index in [1.807, 2.05) is 78.9 Å². The van der Waals surface area contributed by atoms with Crippen molar-refractivity contribution in [2.24, 2.45) is 0 Å². The minimum atomic E-state index is -1.03. The third-order valence-corrected chi connectivity index (χ3v) is 7.36. The van der Waals surface area contributed by atoms with Crippen LogP contribution < -0.4 is 5.69 Å². The van der Waals surface area contributed by atoms with Crippen molar-refractivity contribution in [2.45, 2.75) is 64.8 Å². The van der Waals surface area contributed by atoms with E-state index in [9.17, 15) is 14.7 Å². The Morgan fingerprint density at radius 3 is 2.35 bits per heavy atom. The summed E-state index contributed by atoms with van der Waals surface area (Å²) in [5, 5.41) is 28.8.